The zero-order valence-corrected chi connectivity index (χ0v) is 8.27. The van der Waals surface area contributed by atoms with E-state index in [4.69, 9.17) is 0 Å². The van der Waals surface area contributed by atoms with Crippen molar-refractivity contribution in [1.29, 1.82) is 0 Å². The van der Waals surface area contributed by atoms with Gasteiger partial charge in [0.25, 0.3) is 0 Å². The van der Waals surface area contributed by atoms with E-state index in [1.807, 2.05) is 6.92 Å². The van der Waals surface area contributed by atoms with E-state index in [0.717, 1.165) is 0 Å². The fourth-order valence-electron chi connectivity index (χ4n) is 1.68. The molecule has 4 nitrogen and oxygen atoms in total. The van der Waals surface area contributed by atoms with Crippen LogP contribution < -0.4 is 5.43 Å². The number of aromatic nitrogens is 1. The lowest BCUT2D eigenvalue weighted by molar-refractivity contribution is 0.466. The lowest BCUT2D eigenvalue weighted by Gasteiger charge is -2.10. The zero-order chi connectivity index (χ0) is 11.0. The van der Waals surface area contributed by atoms with E-state index in [1.165, 1.54) is 18.2 Å². The summed E-state index contributed by atoms with van der Waals surface area (Å²) in [6, 6.07) is 4.08. The van der Waals surface area contributed by atoms with Gasteiger partial charge in [-0.3, -0.25) is 4.79 Å². The van der Waals surface area contributed by atoms with Gasteiger partial charge in [-0.1, -0.05) is 0 Å². The summed E-state index contributed by atoms with van der Waals surface area (Å²) in [6.45, 7) is 2.52. The molecule has 1 heterocycles. The molecule has 0 aliphatic carbocycles. The van der Waals surface area contributed by atoms with Gasteiger partial charge in [0, 0.05) is 18.8 Å². The van der Waals surface area contributed by atoms with Crippen LogP contribution in [0.2, 0.25) is 0 Å². The van der Waals surface area contributed by atoms with Gasteiger partial charge in [-0.05, 0) is 19.1 Å². The minimum absolute atomic E-state index is 0.00218. The van der Waals surface area contributed by atoms with Gasteiger partial charge >= 0.3 is 0 Å². The Morgan fingerprint density at radius 1 is 1.20 bits per heavy atom. The summed E-state index contributed by atoms with van der Waals surface area (Å²) in [5.41, 5.74) is 0.0908. The van der Waals surface area contributed by atoms with E-state index in [1.54, 1.807) is 10.8 Å². The first kappa shape index (κ1) is 9.58. The zero-order valence-electron chi connectivity index (χ0n) is 8.27. The van der Waals surface area contributed by atoms with E-state index in [0.29, 0.717) is 12.1 Å². The number of phenols is 2. The lowest BCUT2D eigenvalue weighted by atomic mass is 10.1. The molecule has 1 aromatic carbocycles. The second-order valence-corrected chi connectivity index (χ2v) is 3.29. The van der Waals surface area contributed by atoms with E-state index in [2.05, 4.69) is 0 Å². The maximum atomic E-state index is 11.5. The third kappa shape index (κ3) is 1.34. The van der Waals surface area contributed by atoms with Crippen LogP contribution in [0.1, 0.15) is 6.92 Å². The molecule has 0 spiro atoms. The molecule has 0 aliphatic rings. The van der Waals surface area contributed by atoms with Crippen molar-refractivity contribution >= 4 is 10.9 Å². The summed E-state index contributed by atoms with van der Waals surface area (Å²) in [5.74, 6) is -0.0991. The van der Waals surface area contributed by atoms with Crippen molar-refractivity contribution in [3.05, 3.63) is 34.6 Å². The van der Waals surface area contributed by atoms with Gasteiger partial charge in [0.15, 0.2) is 5.43 Å². The normalized spacial score (nSPS) is 10.7. The number of benzene rings is 1. The van der Waals surface area contributed by atoms with Crippen LogP contribution in [0.4, 0.5) is 0 Å². The molecule has 4 heteroatoms. The minimum atomic E-state index is -0.289. The van der Waals surface area contributed by atoms with Crippen molar-refractivity contribution < 1.29 is 10.2 Å². The molecule has 2 aromatic rings. The highest BCUT2D eigenvalue weighted by Gasteiger charge is 2.10. The standard InChI is InChI=1S/C11H11NO3/c1-2-12-6-5-8(14)10-7(13)3-4-9(15)11(10)12/h3-6,13,15H,2H2,1H3. The highest BCUT2D eigenvalue weighted by Crippen LogP contribution is 2.28. The molecule has 0 amide bonds. The highest BCUT2D eigenvalue weighted by atomic mass is 16.3. The quantitative estimate of drug-likeness (QED) is 0.692. The van der Waals surface area contributed by atoms with Gasteiger partial charge in [0.1, 0.15) is 11.5 Å². The second kappa shape index (κ2) is 3.31. The summed E-state index contributed by atoms with van der Waals surface area (Å²) >= 11 is 0. The van der Waals surface area contributed by atoms with Crippen LogP contribution in [0.3, 0.4) is 0 Å². The Bertz CT molecular complexity index is 572. The van der Waals surface area contributed by atoms with Crippen LogP contribution in [0.25, 0.3) is 10.9 Å². The van der Waals surface area contributed by atoms with Gasteiger partial charge in [-0.2, -0.15) is 0 Å². The number of pyridine rings is 1. The highest BCUT2D eigenvalue weighted by molar-refractivity contribution is 5.89. The summed E-state index contributed by atoms with van der Waals surface area (Å²) in [6.07, 6.45) is 1.60. The van der Waals surface area contributed by atoms with Crippen LogP contribution in [0.5, 0.6) is 11.5 Å². The molecule has 0 radical (unpaired) electrons. The van der Waals surface area contributed by atoms with E-state index in [-0.39, 0.29) is 22.3 Å². The average Bonchev–Trinajstić information content (AvgIpc) is 2.23. The molecule has 0 unspecified atom stereocenters. The van der Waals surface area contributed by atoms with Gasteiger partial charge in [-0.15, -0.1) is 0 Å². The Morgan fingerprint density at radius 3 is 2.53 bits per heavy atom. The summed E-state index contributed by atoms with van der Waals surface area (Å²) in [4.78, 5) is 11.5. The van der Waals surface area contributed by atoms with Crippen LogP contribution in [-0.4, -0.2) is 14.8 Å². The Labute approximate surface area is 86.0 Å². The number of hydrogen-bond donors (Lipinski definition) is 2. The summed E-state index contributed by atoms with van der Waals surface area (Å²) in [7, 11) is 0. The number of nitrogens with zero attached hydrogens (tertiary/aromatic N) is 1. The predicted octanol–water partition coefficient (Wildman–Crippen LogP) is 1.43. The molecule has 0 saturated carbocycles. The summed E-state index contributed by atoms with van der Waals surface area (Å²) < 4.78 is 1.71. The number of aryl methyl sites for hydroxylation is 1. The van der Waals surface area contributed by atoms with Crippen LogP contribution in [0.15, 0.2) is 29.2 Å². The molecule has 2 rings (SSSR count). The van der Waals surface area contributed by atoms with E-state index < -0.39 is 0 Å². The van der Waals surface area contributed by atoms with Crippen molar-refractivity contribution in [3.8, 4) is 11.5 Å². The smallest absolute Gasteiger partial charge is 0.193 e. The molecule has 0 saturated heterocycles. The molecule has 0 atom stereocenters. The topological polar surface area (TPSA) is 62.5 Å². The Hall–Kier alpha value is -1.97. The van der Waals surface area contributed by atoms with Gasteiger partial charge in [-0.25, -0.2) is 0 Å². The Balaban J connectivity index is 3.06. The van der Waals surface area contributed by atoms with Gasteiger partial charge in [0.05, 0.1) is 10.9 Å². The van der Waals surface area contributed by atoms with Crippen molar-refractivity contribution in [3.63, 3.8) is 0 Å². The van der Waals surface area contributed by atoms with E-state index in [9.17, 15) is 15.0 Å². The van der Waals surface area contributed by atoms with Crippen molar-refractivity contribution in [2.45, 2.75) is 13.5 Å². The number of hydrogen-bond acceptors (Lipinski definition) is 3. The molecule has 0 bridgehead atoms. The fourth-order valence-corrected chi connectivity index (χ4v) is 1.68. The first-order chi connectivity index (χ1) is 7.15. The number of fused-ring (bicyclic) bond motifs is 1. The van der Waals surface area contributed by atoms with Crippen LogP contribution >= 0.6 is 0 Å². The third-order valence-electron chi connectivity index (χ3n) is 2.41. The van der Waals surface area contributed by atoms with Crippen LogP contribution in [0, 0.1) is 0 Å². The molecule has 1 aromatic heterocycles. The molecule has 15 heavy (non-hydrogen) atoms. The van der Waals surface area contributed by atoms with Crippen molar-refractivity contribution in [1.82, 2.24) is 4.57 Å². The number of rotatable bonds is 1. The molecule has 0 fully saturated rings. The lowest BCUT2D eigenvalue weighted by Crippen LogP contribution is -2.07. The van der Waals surface area contributed by atoms with Crippen molar-refractivity contribution in [2.24, 2.45) is 0 Å². The van der Waals surface area contributed by atoms with Gasteiger partial charge < -0.3 is 14.8 Å². The first-order valence-electron chi connectivity index (χ1n) is 4.69. The second-order valence-electron chi connectivity index (χ2n) is 3.29. The fraction of sp³-hybridized carbons (Fsp3) is 0.182. The molecule has 78 valence electrons. The number of aromatic hydroxyl groups is 2. The molecular weight excluding hydrogens is 194 g/mol. The number of phenolic OH excluding ortho intramolecular Hbond substituents is 2. The summed E-state index contributed by atoms with van der Waals surface area (Å²) in [5, 5.41) is 19.4. The average molecular weight is 205 g/mol. The first-order valence-corrected chi connectivity index (χ1v) is 4.69. The Morgan fingerprint density at radius 2 is 1.87 bits per heavy atom. The minimum Gasteiger partial charge on any atom is -0.507 e. The maximum Gasteiger partial charge on any atom is 0.193 e. The monoisotopic (exact) mass is 205 g/mol. The molecular formula is C11H11NO3. The maximum absolute atomic E-state index is 11.5. The molecule has 0 aliphatic heterocycles. The predicted molar refractivity (Wildman–Crippen MR) is 57.2 cm³/mol. The molecule has 2 N–H and O–H groups in total. The SMILES string of the molecule is CCn1ccc(=O)c2c(O)ccc(O)c21. The van der Waals surface area contributed by atoms with Crippen LogP contribution in [-0.2, 0) is 6.54 Å². The Kier molecular flexibility index (Phi) is 2.11. The van der Waals surface area contributed by atoms with E-state index >= 15 is 0 Å². The van der Waals surface area contributed by atoms with Crippen molar-refractivity contribution in [2.75, 3.05) is 0 Å². The third-order valence-corrected chi connectivity index (χ3v) is 2.41. The largest absolute Gasteiger partial charge is 0.507 e. The van der Waals surface area contributed by atoms with Gasteiger partial charge in [0.2, 0.25) is 0 Å².